The van der Waals surface area contributed by atoms with Crippen LogP contribution in [0.3, 0.4) is 0 Å². The van der Waals surface area contributed by atoms with Gasteiger partial charge in [0.2, 0.25) is 5.91 Å². The maximum absolute atomic E-state index is 12.1. The van der Waals surface area contributed by atoms with Gasteiger partial charge in [0.25, 0.3) is 0 Å². The fraction of sp³-hybridized carbons (Fsp3) is 0.929. The zero-order chi connectivity index (χ0) is 12.7. The molecule has 1 heterocycles. The van der Waals surface area contributed by atoms with E-state index in [0.29, 0.717) is 11.9 Å². The highest BCUT2D eigenvalue weighted by Gasteiger charge is 2.32. The molecule has 1 fully saturated rings. The van der Waals surface area contributed by atoms with Gasteiger partial charge in [-0.25, -0.2) is 0 Å². The van der Waals surface area contributed by atoms with Gasteiger partial charge in [-0.05, 0) is 19.8 Å². The minimum absolute atomic E-state index is 0.0816. The highest BCUT2D eigenvalue weighted by atomic mass is 16.2. The summed E-state index contributed by atoms with van der Waals surface area (Å²) in [7, 11) is 0. The lowest BCUT2D eigenvalue weighted by Crippen LogP contribution is -2.36. The number of carbonyl (C=O) groups excluding carboxylic acids is 1. The van der Waals surface area contributed by atoms with Crippen LogP contribution in [0.15, 0.2) is 0 Å². The van der Waals surface area contributed by atoms with E-state index < -0.39 is 0 Å². The van der Waals surface area contributed by atoms with E-state index in [9.17, 15) is 4.79 Å². The lowest BCUT2D eigenvalue weighted by Gasteiger charge is -2.23. The summed E-state index contributed by atoms with van der Waals surface area (Å²) in [5.41, 5.74) is 0. The van der Waals surface area contributed by atoms with Crippen molar-refractivity contribution in [3.63, 3.8) is 0 Å². The van der Waals surface area contributed by atoms with Crippen molar-refractivity contribution >= 4 is 5.91 Å². The molecule has 100 valence electrons. The second-order valence-corrected chi connectivity index (χ2v) is 5.21. The third kappa shape index (κ3) is 4.30. The third-order valence-electron chi connectivity index (χ3n) is 3.67. The van der Waals surface area contributed by atoms with Gasteiger partial charge in [-0.3, -0.25) is 10.1 Å². The van der Waals surface area contributed by atoms with Gasteiger partial charge < -0.3 is 4.90 Å². The normalized spacial score (nSPS) is 22.2. The zero-order valence-electron chi connectivity index (χ0n) is 11.7. The van der Waals surface area contributed by atoms with Gasteiger partial charge in [0, 0.05) is 6.04 Å². The minimum atomic E-state index is 0.0816. The molecule has 1 aliphatic heterocycles. The number of nitrogens with zero attached hydrogens (tertiary/aromatic N) is 1. The lowest BCUT2D eigenvalue weighted by molar-refractivity contribution is -0.130. The predicted octanol–water partition coefficient (Wildman–Crippen LogP) is 2.90. The van der Waals surface area contributed by atoms with Crippen molar-refractivity contribution in [1.29, 1.82) is 0 Å². The van der Waals surface area contributed by atoms with E-state index in [1.807, 2.05) is 4.90 Å². The zero-order valence-corrected chi connectivity index (χ0v) is 11.7. The molecule has 2 atom stereocenters. The van der Waals surface area contributed by atoms with Crippen molar-refractivity contribution in [3.05, 3.63) is 0 Å². The summed E-state index contributed by atoms with van der Waals surface area (Å²) in [6, 6.07) is 0.479. The molecule has 0 saturated carbocycles. The van der Waals surface area contributed by atoms with Crippen molar-refractivity contribution < 1.29 is 4.79 Å². The Labute approximate surface area is 106 Å². The Hall–Kier alpha value is -0.570. The lowest BCUT2D eigenvalue weighted by atomic mass is 10.1. The number of hydrogen-bond donors (Lipinski definition) is 1. The van der Waals surface area contributed by atoms with E-state index in [-0.39, 0.29) is 6.04 Å². The van der Waals surface area contributed by atoms with Gasteiger partial charge in [0.1, 0.15) is 0 Å². The van der Waals surface area contributed by atoms with Crippen LogP contribution in [-0.4, -0.2) is 29.6 Å². The van der Waals surface area contributed by atoms with Crippen LogP contribution in [0, 0.1) is 0 Å². The predicted molar refractivity (Wildman–Crippen MR) is 71.8 cm³/mol. The number of nitrogens with one attached hydrogen (secondary N) is 1. The number of amides is 1. The maximum Gasteiger partial charge on any atom is 0.241 e. The average Bonchev–Trinajstić information content (AvgIpc) is 2.67. The van der Waals surface area contributed by atoms with Crippen LogP contribution in [0.5, 0.6) is 0 Å². The molecule has 0 aromatic carbocycles. The van der Waals surface area contributed by atoms with E-state index in [4.69, 9.17) is 0 Å². The molecule has 0 aliphatic carbocycles. The molecule has 0 spiro atoms. The van der Waals surface area contributed by atoms with Gasteiger partial charge in [-0.15, -0.1) is 0 Å². The van der Waals surface area contributed by atoms with Crippen LogP contribution in [-0.2, 0) is 4.79 Å². The van der Waals surface area contributed by atoms with Crippen molar-refractivity contribution in [1.82, 2.24) is 10.2 Å². The Bertz CT molecular complexity index is 230. The topological polar surface area (TPSA) is 32.3 Å². The summed E-state index contributed by atoms with van der Waals surface area (Å²) in [5, 5.41) is 3.32. The Kier molecular flexibility index (Phi) is 6.56. The molecular weight excluding hydrogens is 212 g/mol. The molecule has 1 amide bonds. The minimum Gasteiger partial charge on any atom is -0.326 e. The van der Waals surface area contributed by atoms with Crippen molar-refractivity contribution in [2.75, 3.05) is 6.67 Å². The first-order valence-corrected chi connectivity index (χ1v) is 7.24. The third-order valence-corrected chi connectivity index (χ3v) is 3.67. The summed E-state index contributed by atoms with van der Waals surface area (Å²) in [6.45, 7) is 7.29. The monoisotopic (exact) mass is 240 g/mol. The molecule has 1 N–H and O–H groups in total. The number of hydrogen-bond acceptors (Lipinski definition) is 2. The largest absolute Gasteiger partial charge is 0.326 e. The van der Waals surface area contributed by atoms with Gasteiger partial charge in [-0.1, -0.05) is 46.0 Å². The summed E-state index contributed by atoms with van der Waals surface area (Å²) >= 11 is 0. The first-order valence-electron chi connectivity index (χ1n) is 7.24. The number of unbranched alkanes of at least 4 members (excludes halogenated alkanes) is 3. The van der Waals surface area contributed by atoms with Crippen LogP contribution in [0.1, 0.15) is 65.7 Å². The molecule has 0 aromatic heterocycles. The van der Waals surface area contributed by atoms with Crippen LogP contribution >= 0.6 is 0 Å². The van der Waals surface area contributed by atoms with E-state index >= 15 is 0 Å². The highest BCUT2D eigenvalue weighted by molar-refractivity contribution is 5.83. The molecule has 0 aromatic rings. The summed E-state index contributed by atoms with van der Waals surface area (Å²) < 4.78 is 0. The second kappa shape index (κ2) is 7.70. The quantitative estimate of drug-likeness (QED) is 0.662. The first-order chi connectivity index (χ1) is 8.20. The summed E-state index contributed by atoms with van der Waals surface area (Å²) in [4.78, 5) is 14.1. The van der Waals surface area contributed by atoms with Gasteiger partial charge in [0.05, 0.1) is 12.7 Å². The Balaban J connectivity index is 2.28. The maximum atomic E-state index is 12.1. The molecule has 0 radical (unpaired) electrons. The van der Waals surface area contributed by atoms with E-state index in [1.165, 1.54) is 25.7 Å². The summed E-state index contributed by atoms with van der Waals surface area (Å²) in [5.74, 6) is 0.315. The van der Waals surface area contributed by atoms with Crippen molar-refractivity contribution in [2.45, 2.75) is 77.8 Å². The van der Waals surface area contributed by atoms with E-state index in [1.54, 1.807) is 0 Å². The standard InChI is InChI=1S/C14H28N2O/c1-4-6-7-8-10-12(3)16-11-15-13(9-5-2)14(16)17/h12-13,15H,4-11H2,1-3H3. The van der Waals surface area contributed by atoms with E-state index in [2.05, 4.69) is 26.1 Å². The van der Waals surface area contributed by atoms with Gasteiger partial charge in [0.15, 0.2) is 0 Å². The second-order valence-electron chi connectivity index (χ2n) is 5.21. The molecule has 1 rings (SSSR count). The molecule has 17 heavy (non-hydrogen) atoms. The smallest absolute Gasteiger partial charge is 0.241 e. The molecule has 3 nitrogen and oxygen atoms in total. The SMILES string of the molecule is CCCCCCC(C)N1CNC(CCC)C1=O. The molecule has 1 saturated heterocycles. The van der Waals surface area contributed by atoms with Crippen LogP contribution in [0.4, 0.5) is 0 Å². The van der Waals surface area contributed by atoms with Crippen LogP contribution in [0.2, 0.25) is 0 Å². The van der Waals surface area contributed by atoms with Gasteiger partial charge in [-0.2, -0.15) is 0 Å². The molecule has 3 heteroatoms. The molecular formula is C14H28N2O. The van der Waals surface area contributed by atoms with E-state index in [0.717, 1.165) is 25.9 Å². The number of carbonyl (C=O) groups is 1. The average molecular weight is 240 g/mol. The van der Waals surface area contributed by atoms with Crippen molar-refractivity contribution in [2.24, 2.45) is 0 Å². The first kappa shape index (κ1) is 14.5. The Morgan fingerprint density at radius 1 is 1.29 bits per heavy atom. The fourth-order valence-electron chi connectivity index (χ4n) is 2.48. The molecule has 2 unspecified atom stereocenters. The van der Waals surface area contributed by atoms with Crippen molar-refractivity contribution in [3.8, 4) is 0 Å². The fourth-order valence-corrected chi connectivity index (χ4v) is 2.48. The van der Waals surface area contributed by atoms with Crippen LogP contribution in [0.25, 0.3) is 0 Å². The molecule has 0 bridgehead atoms. The molecule has 1 aliphatic rings. The highest BCUT2D eigenvalue weighted by Crippen LogP contribution is 2.16. The van der Waals surface area contributed by atoms with Crippen LogP contribution < -0.4 is 5.32 Å². The number of rotatable bonds is 8. The Morgan fingerprint density at radius 2 is 2.06 bits per heavy atom. The summed E-state index contributed by atoms with van der Waals surface area (Å²) in [6.07, 6.45) is 8.33. The Morgan fingerprint density at radius 3 is 2.71 bits per heavy atom. The van der Waals surface area contributed by atoms with Gasteiger partial charge >= 0.3 is 0 Å².